The number of rotatable bonds is 13. The summed E-state index contributed by atoms with van der Waals surface area (Å²) in [6.45, 7) is 5.55. The number of hydroxylamine groups is 1. The van der Waals surface area contributed by atoms with Crippen LogP contribution in [0.2, 0.25) is 5.02 Å². The van der Waals surface area contributed by atoms with Crippen LogP contribution in [0.4, 0.5) is 0 Å². The van der Waals surface area contributed by atoms with E-state index < -0.39 is 52.6 Å². The number of hydrogen-bond acceptors (Lipinski definition) is 9. The number of primary amides is 1. The van der Waals surface area contributed by atoms with Crippen molar-refractivity contribution in [1.29, 1.82) is 0 Å². The molecule has 3 fully saturated rings. The number of benzene rings is 1. The van der Waals surface area contributed by atoms with Crippen LogP contribution in [0, 0.1) is 17.3 Å². The van der Waals surface area contributed by atoms with Gasteiger partial charge in [-0.2, -0.15) is 0 Å². The first-order chi connectivity index (χ1) is 24.1. The lowest BCUT2D eigenvalue weighted by Gasteiger charge is -2.36. The molecular weight excluding hydrogens is 678 g/mol. The summed E-state index contributed by atoms with van der Waals surface area (Å²) < 4.78 is 10.9. The summed E-state index contributed by atoms with van der Waals surface area (Å²) in [6.07, 6.45) is 10.6. The highest BCUT2D eigenvalue weighted by Gasteiger charge is 2.54. The van der Waals surface area contributed by atoms with Crippen molar-refractivity contribution in [3.8, 4) is 11.5 Å². The van der Waals surface area contributed by atoms with Gasteiger partial charge < -0.3 is 30.7 Å². The standard InChI is InChI=1S/C37H52ClN5O8/c1-36(2,3)32(41-30(44)15-21-10-8-6-7-9-11-21)35(48)43-20-37(18-26(42-51-37)23-16-24(38)29(50-5)17-28(23)49-4)19-27(43)34(47)40-25(14-22-12-13-22)31(45)33(39)46/h16-18,21-22,25,27,32,42H,6-15,19-20H2,1-5H3,(H2,39,46)(H,40,47)(H,41,44)/t25-,27-,32+,37+/m0/s1. The molecule has 2 saturated carbocycles. The summed E-state index contributed by atoms with van der Waals surface area (Å²) >= 11 is 6.47. The van der Waals surface area contributed by atoms with Crippen molar-refractivity contribution in [1.82, 2.24) is 21.0 Å². The fraction of sp³-hybridized carbons (Fsp3) is 0.649. The van der Waals surface area contributed by atoms with Crippen LogP contribution in [-0.2, 0) is 28.8 Å². The molecule has 5 N–H and O–H groups in total. The van der Waals surface area contributed by atoms with Gasteiger partial charge in [0.25, 0.3) is 5.91 Å². The van der Waals surface area contributed by atoms with Crippen LogP contribution in [0.15, 0.2) is 18.2 Å². The minimum atomic E-state index is -1.18. The second-order valence-corrected chi connectivity index (χ2v) is 16.0. The molecule has 1 spiro atoms. The summed E-state index contributed by atoms with van der Waals surface area (Å²) in [5.74, 6) is -1.97. The summed E-state index contributed by atoms with van der Waals surface area (Å²) in [7, 11) is 3.01. The maximum absolute atomic E-state index is 14.7. The second kappa shape index (κ2) is 15.8. The van der Waals surface area contributed by atoms with E-state index in [9.17, 15) is 24.0 Å². The smallest absolute Gasteiger partial charge is 0.287 e. The van der Waals surface area contributed by atoms with E-state index in [1.54, 1.807) is 18.2 Å². The molecule has 4 amide bonds. The van der Waals surface area contributed by atoms with Gasteiger partial charge >= 0.3 is 0 Å². The molecule has 51 heavy (non-hydrogen) atoms. The van der Waals surface area contributed by atoms with Gasteiger partial charge in [-0.25, -0.2) is 0 Å². The van der Waals surface area contributed by atoms with Gasteiger partial charge in [0.1, 0.15) is 29.2 Å². The highest BCUT2D eigenvalue weighted by Crippen LogP contribution is 2.43. The largest absolute Gasteiger partial charge is 0.496 e. The predicted molar refractivity (Wildman–Crippen MR) is 190 cm³/mol. The van der Waals surface area contributed by atoms with Gasteiger partial charge in [0, 0.05) is 24.5 Å². The first kappa shape index (κ1) is 38.4. The van der Waals surface area contributed by atoms with Crippen LogP contribution in [0.5, 0.6) is 11.5 Å². The van der Waals surface area contributed by atoms with Gasteiger partial charge in [0.05, 0.1) is 37.5 Å². The molecule has 280 valence electrons. The molecule has 2 aliphatic heterocycles. The topological polar surface area (TPSA) is 178 Å². The number of carbonyl (C=O) groups is 5. The Hall–Kier alpha value is -3.84. The average molecular weight is 730 g/mol. The maximum atomic E-state index is 14.7. The van der Waals surface area contributed by atoms with Crippen LogP contribution < -0.4 is 31.3 Å². The van der Waals surface area contributed by atoms with E-state index in [2.05, 4.69) is 16.1 Å². The van der Waals surface area contributed by atoms with Crippen molar-refractivity contribution in [3.63, 3.8) is 0 Å². The fourth-order valence-electron chi connectivity index (χ4n) is 7.45. The normalized spacial score (nSPS) is 23.5. The first-order valence-corrected chi connectivity index (χ1v) is 18.3. The minimum Gasteiger partial charge on any atom is -0.496 e. The van der Waals surface area contributed by atoms with Crippen LogP contribution in [0.1, 0.15) is 97.0 Å². The summed E-state index contributed by atoms with van der Waals surface area (Å²) in [5, 5.41) is 6.11. The molecule has 1 aromatic rings. The molecule has 5 rings (SSSR count). The van der Waals surface area contributed by atoms with E-state index in [0.29, 0.717) is 34.2 Å². The van der Waals surface area contributed by atoms with E-state index in [0.717, 1.165) is 38.5 Å². The SMILES string of the molecule is COc1cc(OC)c(C2=C[C@]3(C[C@@H](C(=O)N[C@@H](CC4CC4)C(=O)C(N)=O)N(C(=O)[C@@H](NC(=O)CC4CCCCCC4)C(C)(C)C)C3)ON2)cc1Cl. The molecule has 13 nitrogen and oxygen atoms in total. The van der Waals surface area contributed by atoms with Crippen molar-refractivity contribution in [2.75, 3.05) is 20.8 Å². The number of ether oxygens (including phenoxy) is 2. The number of amides is 4. The first-order valence-electron chi connectivity index (χ1n) is 18.0. The van der Waals surface area contributed by atoms with E-state index >= 15 is 0 Å². The molecule has 14 heteroatoms. The monoisotopic (exact) mass is 729 g/mol. The Balaban J connectivity index is 1.45. The molecule has 2 aliphatic carbocycles. The van der Waals surface area contributed by atoms with Gasteiger partial charge in [-0.05, 0) is 48.7 Å². The van der Waals surface area contributed by atoms with Gasteiger partial charge in [0.15, 0.2) is 0 Å². The maximum Gasteiger partial charge on any atom is 0.287 e. The van der Waals surface area contributed by atoms with Gasteiger partial charge in [-0.15, -0.1) is 0 Å². The molecule has 1 saturated heterocycles. The van der Waals surface area contributed by atoms with Crippen LogP contribution >= 0.6 is 11.6 Å². The number of likely N-dealkylation sites (tertiary alicyclic amines) is 1. The Morgan fingerprint density at radius 1 is 1.00 bits per heavy atom. The Kier molecular flexibility index (Phi) is 11.9. The highest BCUT2D eigenvalue weighted by molar-refractivity contribution is 6.37. The minimum absolute atomic E-state index is 0.0149. The van der Waals surface area contributed by atoms with Crippen molar-refractivity contribution in [2.24, 2.45) is 23.0 Å². The Labute approximate surface area is 304 Å². The van der Waals surface area contributed by atoms with Crippen molar-refractivity contribution in [2.45, 2.75) is 115 Å². The molecule has 0 aromatic heterocycles. The number of nitrogens with two attached hydrogens (primary N) is 1. The molecular formula is C37H52ClN5O8. The van der Waals surface area contributed by atoms with E-state index in [-0.39, 0.29) is 37.1 Å². The third-order valence-electron chi connectivity index (χ3n) is 10.5. The summed E-state index contributed by atoms with van der Waals surface area (Å²) in [4.78, 5) is 74.6. The number of carbonyl (C=O) groups excluding carboxylic acids is 5. The molecule has 0 unspecified atom stereocenters. The lowest BCUT2D eigenvalue weighted by Crippen LogP contribution is -2.59. The van der Waals surface area contributed by atoms with E-state index in [1.165, 1.54) is 32.0 Å². The van der Waals surface area contributed by atoms with Crippen LogP contribution in [0.25, 0.3) is 5.70 Å². The van der Waals surface area contributed by atoms with Gasteiger partial charge in [0.2, 0.25) is 23.5 Å². The molecule has 2 heterocycles. The van der Waals surface area contributed by atoms with Crippen LogP contribution in [-0.4, -0.2) is 78.8 Å². The molecule has 4 aliphatic rings. The number of ketones is 1. The predicted octanol–water partition coefficient (Wildman–Crippen LogP) is 3.80. The van der Waals surface area contributed by atoms with Crippen LogP contribution in [0.3, 0.4) is 0 Å². The Bertz CT molecular complexity index is 1550. The second-order valence-electron chi connectivity index (χ2n) is 15.6. The number of nitrogens with one attached hydrogen (secondary N) is 3. The number of Topliss-reactive ketones (excluding diaryl/α,β-unsaturated/α-hetero) is 1. The third-order valence-corrected chi connectivity index (χ3v) is 10.8. The van der Waals surface area contributed by atoms with Crippen molar-refractivity contribution < 1.29 is 38.3 Å². The van der Waals surface area contributed by atoms with Crippen molar-refractivity contribution >= 4 is 46.7 Å². The lowest BCUT2D eigenvalue weighted by molar-refractivity contribution is -0.145. The van der Waals surface area contributed by atoms with Crippen molar-refractivity contribution in [3.05, 3.63) is 28.8 Å². The highest BCUT2D eigenvalue weighted by atomic mass is 35.5. The molecule has 1 aromatic carbocycles. The zero-order valence-corrected chi connectivity index (χ0v) is 31.0. The molecule has 0 radical (unpaired) electrons. The zero-order valence-electron chi connectivity index (χ0n) is 30.3. The quantitative estimate of drug-likeness (QED) is 0.174. The average Bonchev–Trinajstić information content (AvgIpc) is 3.77. The molecule has 4 atom stereocenters. The third kappa shape index (κ3) is 9.15. The Morgan fingerprint density at radius 3 is 2.25 bits per heavy atom. The fourth-order valence-corrected chi connectivity index (χ4v) is 7.69. The van der Waals surface area contributed by atoms with Gasteiger partial charge in [-0.1, -0.05) is 70.9 Å². The molecule has 0 bridgehead atoms. The number of hydrogen-bond donors (Lipinski definition) is 4. The Morgan fingerprint density at radius 2 is 1.67 bits per heavy atom. The zero-order chi connectivity index (χ0) is 37.1. The van der Waals surface area contributed by atoms with E-state index in [4.69, 9.17) is 31.6 Å². The number of halogens is 1. The number of methoxy groups -OCH3 is 2. The van der Waals surface area contributed by atoms with E-state index in [1.807, 2.05) is 20.8 Å². The van der Waals surface area contributed by atoms with Gasteiger partial charge in [-0.3, -0.25) is 34.3 Å². The lowest BCUT2D eigenvalue weighted by atomic mass is 9.85. The summed E-state index contributed by atoms with van der Waals surface area (Å²) in [5.41, 5.74) is 7.47. The number of nitrogens with zero attached hydrogens (tertiary/aromatic N) is 1. The summed E-state index contributed by atoms with van der Waals surface area (Å²) in [6, 6.07) is 0.122.